The van der Waals surface area contributed by atoms with Crippen molar-refractivity contribution in [3.63, 3.8) is 0 Å². The Morgan fingerprint density at radius 2 is 0.784 bits per heavy atom. The van der Waals surface area contributed by atoms with Crippen LogP contribution < -0.4 is 5.32 Å². The predicted molar refractivity (Wildman–Crippen MR) is 225 cm³/mol. The van der Waals surface area contributed by atoms with Gasteiger partial charge in [0.15, 0.2) is 0 Å². The molecular formula is C47H87NO3. The minimum atomic E-state index is -0.873. The zero-order chi connectivity index (χ0) is 37.1. The minimum Gasteiger partial charge on any atom is -0.394 e. The average molecular weight is 714 g/mol. The molecule has 0 saturated carbocycles. The number of carbonyl (C=O) groups is 1. The average Bonchev–Trinajstić information content (AvgIpc) is 3.13. The van der Waals surface area contributed by atoms with Gasteiger partial charge in [0, 0.05) is 6.42 Å². The third-order valence-electron chi connectivity index (χ3n) is 10.0. The van der Waals surface area contributed by atoms with Crippen molar-refractivity contribution in [2.45, 2.75) is 238 Å². The summed E-state index contributed by atoms with van der Waals surface area (Å²) in [6, 6.07) is -0.649. The molecule has 2 unspecified atom stereocenters. The van der Waals surface area contributed by atoms with E-state index in [2.05, 4.69) is 55.6 Å². The number of unbranched alkanes of at least 4 members (excludes halogenated alkanes) is 27. The molecule has 0 radical (unpaired) electrons. The van der Waals surface area contributed by atoms with Gasteiger partial charge in [0.2, 0.25) is 5.91 Å². The monoisotopic (exact) mass is 714 g/mol. The summed E-state index contributed by atoms with van der Waals surface area (Å²) in [6.07, 6.45) is 58.1. The maximum Gasteiger partial charge on any atom is 0.220 e. The maximum atomic E-state index is 12.3. The molecular weight excluding hydrogens is 627 g/mol. The molecule has 51 heavy (non-hydrogen) atoms. The minimum absolute atomic E-state index is 0.0901. The van der Waals surface area contributed by atoms with Gasteiger partial charge in [0.05, 0.1) is 18.8 Å². The summed E-state index contributed by atoms with van der Waals surface area (Å²) in [7, 11) is 0. The largest absolute Gasteiger partial charge is 0.394 e. The zero-order valence-electron chi connectivity index (χ0n) is 34.1. The summed E-state index contributed by atoms with van der Waals surface area (Å²) in [5, 5.41) is 22.9. The molecule has 0 spiro atoms. The van der Waals surface area contributed by atoms with Gasteiger partial charge in [-0.2, -0.15) is 0 Å². The highest BCUT2D eigenvalue weighted by Crippen LogP contribution is 2.15. The molecule has 0 aromatic heterocycles. The molecule has 4 nitrogen and oxygen atoms in total. The van der Waals surface area contributed by atoms with Crippen LogP contribution in [0.3, 0.4) is 0 Å². The lowest BCUT2D eigenvalue weighted by atomic mass is 10.0. The number of allylic oxidation sites excluding steroid dienone is 7. The van der Waals surface area contributed by atoms with Gasteiger partial charge >= 0.3 is 0 Å². The number of rotatable bonds is 40. The predicted octanol–water partition coefficient (Wildman–Crippen LogP) is 14.0. The topological polar surface area (TPSA) is 69.6 Å². The molecule has 0 saturated heterocycles. The smallest absolute Gasteiger partial charge is 0.220 e. The van der Waals surface area contributed by atoms with Crippen molar-refractivity contribution in [2.75, 3.05) is 6.61 Å². The molecule has 298 valence electrons. The molecule has 0 aromatic rings. The van der Waals surface area contributed by atoms with E-state index in [1.165, 1.54) is 154 Å². The SMILES string of the molecule is CCCC/C=C\CCCCCCCC(=O)NC(CO)C(O)/C=C/CC/C=C/CC/C=C/CCCCCCCCCCCCCCCCCCCC. The first kappa shape index (κ1) is 49.4. The molecule has 3 N–H and O–H groups in total. The molecule has 0 bridgehead atoms. The highest BCUT2D eigenvalue weighted by Gasteiger charge is 2.17. The van der Waals surface area contributed by atoms with E-state index in [9.17, 15) is 15.0 Å². The van der Waals surface area contributed by atoms with Crippen LogP contribution in [0.4, 0.5) is 0 Å². The van der Waals surface area contributed by atoms with Gasteiger partial charge in [-0.05, 0) is 64.2 Å². The highest BCUT2D eigenvalue weighted by atomic mass is 16.3. The third-order valence-corrected chi connectivity index (χ3v) is 10.0. The molecule has 1 amide bonds. The summed E-state index contributed by atoms with van der Waals surface area (Å²) < 4.78 is 0. The first-order chi connectivity index (χ1) is 25.2. The van der Waals surface area contributed by atoms with Crippen molar-refractivity contribution in [3.05, 3.63) is 48.6 Å². The van der Waals surface area contributed by atoms with E-state index in [0.29, 0.717) is 6.42 Å². The van der Waals surface area contributed by atoms with Crippen LogP contribution in [0.1, 0.15) is 226 Å². The molecule has 0 heterocycles. The van der Waals surface area contributed by atoms with Gasteiger partial charge in [-0.15, -0.1) is 0 Å². The Morgan fingerprint density at radius 1 is 0.451 bits per heavy atom. The quantitative estimate of drug-likeness (QED) is 0.0437. The number of nitrogens with one attached hydrogen (secondary N) is 1. The summed E-state index contributed by atoms with van der Waals surface area (Å²) in [4.78, 5) is 12.3. The molecule has 0 rings (SSSR count). The Balaban J connectivity index is 3.58. The zero-order valence-corrected chi connectivity index (χ0v) is 34.1. The van der Waals surface area contributed by atoms with Crippen molar-refractivity contribution in [1.82, 2.24) is 5.32 Å². The lowest BCUT2D eigenvalue weighted by Gasteiger charge is -2.19. The second-order valence-electron chi connectivity index (χ2n) is 15.1. The van der Waals surface area contributed by atoms with Crippen LogP contribution in [0.5, 0.6) is 0 Å². The molecule has 2 atom stereocenters. The molecule has 0 aliphatic heterocycles. The van der Waals surface area contributed by atoms with E-state index in [1.807, 2.05) is 6.08 Å². The maximum absolute atomic E-state index is 12.3. The van der Waals surface area contributed by atoms with Crippen molar-refractivity contribution in [2.24, 2.45) is 0 Å². The van der Waals surface area contributed by atoms with E-state index in [4.69, 9.17) is 0 Å². The Bertz CT molecular complexity index is 816. The lowest BCUT2D eigenvalue weighted by molar-refractivity contribution is -0.123. The standard InChI is InChI=1S/C47H87NO3/c1-3-5-7-9-11-13-15-16-17-18-19-20-21-22-23-24-25-26-27-28-29-30-31-33-34-36-38-40-42-46(50)45(44-49)48-47(51)43-41-39-37-35-32-14-12-10-8-6-4-2/h10,12,28-29,33-34,40,42,45-46,49-50H,3-9,11,13-27,30-32,35-39,41,43-44H2,1-2H3,(H,48,51)/b12-10-,29-28+,34-33+,42-40+. The molecule has 0 aliphatic rings. The fourth-order valence-corrected chi connectivity index (χ4v) is 6.54. The summed E-state index contributed by atoms with van der Waals surface area (Å²) in [6.45, 7) is 4.25. The van der Waals surface area contributed by atoms with E-state index in [0.717, 1.165) is 51.4 Å². The van der Waals surface area contributed by atoms with Gasteiger partial charge in [0.1, 0.15) is 0 Å². The van der Waals surface area contributed by atoms with E-state index >= 15 is 0 Å². The summed E-state index contributed by atoms with van der Waals surface area (Å²) in [5.41, 5.74) is 0. The Labute approximate surface area is 318 Å². The first-order valence-corrected chi connectivity index (χ1v) is 22.4. The molecule has 4 heteroatoms. The summed E-state index contributed by atoms with van der Waals surface area (Å²) >= 11 is 0. The Morgan fingerprint density at radius 3 is 1.20 bits per heavy atom. The van der Waals surface area contributed by atoms with Crippen LogP contribution >= 0.6 is 0 Å². The number of carbonyl (C=O) groups excluding carboxylic acids is 1. The van der Waals surface area contributed by atoms with Crippen LogP contribution in [0.25, 0.3) is 0 Å². The van der Waals surface area contributed by atoms with E-state index in [1.54, 1.807) is 6.08 Å². The van der Waals surface area contributed by atoms with Crippen LogP contribution in [-0.4, -0.2) is 34.9 Å². The highest BCUT2D eigenvalue weighted by molar-refractivity contribution is 5.76. The summed E-state index contributed by atoms with van der Waals surface area (Å²) in [5.74, 6) is -0.0901. The Kier molecular flexibility index (Phi) is 41.4. The molecule has 0 fully saturated rings. The third kappa shape index (κ3) is 39.4. The van der Waals surface area contributed by atoms with Crippen LogP contribution in [-0.2, 0) is 4.79 Å². The van der Waals surface area contributed by atoms with Crippen LogP contribution in [0.15, 0.2) is 48.6 Å². The van der Waals surface area contributed by atoms with Gasteiger partial charge < -0.3 is 15.5 Å². The van der Waals surface area contributed by atoms with Crippen LogP contribution in [0.2, 0.25) is 0 Å². The van der Waals surface area contributed by atoms with Crippen LogP contribution in [0, 0.1) is 0 Å². The van der Waals surface area contributed by atoms with Gasteiger partial charge in [-0.25, -0.2) is 0 Å². The number of aliphatic hydroxyl groups is 2. The van der Waals surface area contributed by atoms with E-state index in [-0.39, 0.29) is 12.5 Å². The molecule has 0 aromatic carbocycles. The second kappa shape index (κ2) is 42.8. The molecule has 0 aliphatic carbocycles. The fourth-order valence-electron chi connectivity index (χ4n) is 6.54. The van der Waals surface area contributed by atoms with Crippen molar-refractivity contribution in [1.29, 1.82) is 0 Å². The normalized spacial score (nSPS) is 13.4. The Hall–Kier alpha value is -1.65. The van der Waals surface area contributed by atoms with Gasteiger partial charge in [0.25, 0.3) is 0 Å². The van der Waals surface area contributed by atoms with Crippen molar-refractivity contribution < 1.29 is 15.0 Å². The number of hydrogen-bond donors (Lipinski definition) is 3. The number of aliphatic hydroxyl groups excluding tert-OH is 2. The van der Waals surface area contributed by atoms with Gasteiger partial charge in [-0.3, -0.25) is 4.79 Å². The van der Waals surface area contributed by atoms with Gasteiger partial charge in [-0.1, -0.05) is 204 Å². The lowest BCUT2D eigenvalue weighted by Crippen LogP contribution is -2.45. The second-order valence-corrected chi connectivity index (χ2v) is 15.1. The fraction of sp³-hybridized carbons (Fsp3) is 0.809. The van der Waals surface area contributed by atoms with Crippen molar-refractivity contribution >= 4 is 5.91 Å². The number of amides is 1. The first-order valence-electron chi connectivity index (χ1n) is 22.4. The number of hydrogen-bond acceptors (Lipinski definition) is 3. The van der Waals surface area contributed by atoms with Crippen molar-refractivity contribution in [3.8, 4) is 0 Å². The van der Waals surface area contributed by atoms with E-state index < -0.39 is 12.1 Å².